The second-order valence-electron chi connectivity index (χ2n) is 8.10. The lowest BCUT2D eigenvalue weighted by molar-refractivity contribution is -0.152. The number of carbonyl (C=O) groups is 2. The van der Waals surface area contributed by atoms with E-state index in [0.29, 0.717) is 13.2 Å². The summed E-state index contributed by atoms with van der Waals surface area (Å²) in [4.78, 5) is 22.1. The summed E-state index contributed by atoms with van der Waals surface area (Å²) >= 11 is 0. The maximum atomic E-state index is 11.4. The van der Waals surface area contributed by atoms with E-state index >= 15 is 0 Å². The fraction of sp³-hybridized carbons (Fsp3) is 0.889. The number of carboxylic acid groups (broad SMARTS) is 1. The standard InChI is InChI=1S/C18H38O6Si2/c1-7-8-13-25(3,4)24-26(5,6)14-9-10-22-11-12-23-17(19)15-16(2)18(20)21/h16H,7-15H2,1-6H3,(H,20,21). The first-order valence-electron chi connectivity index (χ1n) is 9.65. The van der Waals surface area contributed by atoms with Gasteiger partial charge in [0.25, 0.3) is 0 Å². The number of carboxylic acids is 1. The monoisotopic (exact) mass is 406 g/mol. The van der Waals surface area contributed by atoms with Gasteiger partial charge in [-0.2, -0.15) is 0 Å². The molecule has 1 unspecified atom stereocenters. The Labute approximate surface area is 160 Å². The van der Waals surface area contributed by atoms with E-state index < -0.39 is 34.5 Å². The quantitative estimate of drug-likeness (QED) is 0.248. The molecule has 0 fully saturated rings. The van der Waals surface area contributed by atoms with E-state index in [9.17, 15) is 9.59 Å². The Morgan fingerprint density at radius 3 is 2.08 bits per heavy atom. The Kier molecular flexibility index (Phi) is 12.3. The van der Waals surface area contributed by atoms with Gasteiger partial charge in [-0.25, -0.2) is 0 Å². The van der Waals surface area contributed by atoms with E-state index in [1.165, 1.54) is 25.8 Å². The molecule has 0 spiro atoms. The van der Waals surface area contributed by atoms with Crippen molar-refractivity contribution in [2.45, 2.75) is 77.8 Å². The van der Waals surface area contributed by atoms with Crippen molar-refractivity contribution in [2.24, 2.45) is 5.92 Å². The van der Waals surface area contributed by atoms with Gasteiger partial charge in [0, 0.05) is 6.61 Å². The molecule has 0 saturated heterocycles. The molecule has 0 aromatic carbocycles. The van der Waals surface area contributed by atoms with Gasteiger partial charge in [-0.1, -0.05) is 26.7 Å². The van der Waals surface area contributed by atoms with Gasteiger partial charge in [-0.05, 0) is 44.7 Å². The van der Waals surface area contributed by atoms with Crippen LogP contribution in [0.2, 0.25) is 38.3 Å². The lowest BCUT2D eigenvalue weighted by Gasteiger charge is -2.34. The number of unbranched alkanes of at least 4 members (excludes halogenated alkanes) is 1. The van der Waals surface area contributed by atoms with E-state index in [1.807, 2.05) is 0 Å². The second kappa shape index (κ2) is 12.6. The zero-order valence-electron chi connectivity index (χ0n) is 17.4. The highest BCUT2D eigenvalue weighted by molar-refractivity contribution is 6.84. The van der Waals surface area contributed by atoms with Crippen LogP contribution in [0.5, 0.6) is 0 Å². The molecule has 1 atom stereocenters. The van der Waals surface area contributed by atoms with Crippen molar-refractivity contribution in [1.82, 2.24) is 0 Å². The van der Waals surface area contributed by atoms with Crippen LogP contribution in [0, 0.1) is 5.92 Å². The van der Waals surface area contributed by atoms with Crippen LogP contribution < -0.4 is 0 Å². The van der Waals surface area contributed by atoms with Crippen LogP contribution in [0.3, 0.4) is 0 Å². The molecule has 0 rings (SSSR count). The second-order valence-corrected chi connectivity index (χ2v) is 17.0. The fourth-order valence-corrected chi connectivity index (χ4v) is 11.8. The Bertz CT molecular complexity index is 426. The van der Waals surface area contributed by atoms with E-state index in [1.54, 1.807) is 0 Å². The van der Waals surface area contributed by atoms with Crippen LogP contribution in [0.4, 0.5) is 0 Å². The van der Waals surface area contributed by atoms with Gasteiger partial charge >= 0.3 is 11.9 Å². The molecule has 26 heavy (non-hydrogen) atoms. The number of aliphatic carboxylic acids is 1. The molecule has 0 bridgehead atoms. The number of rotatable bonds is 15. The summed E-state index contributed by atoms with van der Waals surface area (Å²) in [6.07, 6.45) is 3.30. The van der Waals surface area contributed by atoms with Gasteiger partial charge in [0.2, 0.25) is 0 Å². The number of ether oxygens (including phenoxy) is 2. The average molecular weight is 407 g/mol. The van der Waals surface area contributed by atoms with Crippen molar-refractivity contribution in [1.29, 1.82) is 0 Å². The van der Waals surface area contributed by atoms with Gasteiger partial charge in [-0.3, -0.25) is 9.59 Å². The fourth-order valence-electron chi connectivity index (χ4n) is 2.77. The first-order valence-corrected chi connectivity index (χ1v) is 15.9. The summed E-state index contributed by atoms with van der Waals surface area (Å²) < 4.78 is 17.0. The van der Waals surface area contributed by atoms with Crippen molar-refractivity contribution in [2.75, 3.05) is 19.8 Å². The number of carbonyl (C=O) groups excluding carboxylic acids is 1. The van der Waals surface area contributed by atoms with E-state index in [-0.39, 0.29) is 13.0 Å². The molecular weight excluding hydrogens is 368 g/mol. The maximum Gasteiger partial charge on any atom is 0.306 e. The minimum absolute atomic E-state index is 0.107. The summed E-state index contributed by atoms with van der Waals surface area (Å²) in [5, 5.41) is 8.74. The minimum Gasteiger partial charge on any atom is -0.481 e. The van der Waals surface area contributed by atoms with Gasteiger partial charge < -0.3 is 18.7 Å². The molecule has 0 aromatic rings. The minimum atomic E-state index is -1.66. The third-order valence-corrected chi connectivity index (χ3v) is 11.7. The highest BCUT2D eigenvalue weighted by Gasteiger charge is 2.32. The normalized spacial score (nSPS) is 13.5. The Morgan fingerprint density at radius 1 is 0.962 bits per heavy atom. The molecule has 8 heteroatoms. The van der Waals surface area contributed by atoms with E-state index in [4.69, 9.17) is 18.7 Å². The summed E-state index contributed by atoms with van der Waals surface area (Å²) in [5.41, 5.74) is 0. The summed E-state index contributed by atoms with van der Waals surface area (Å²) in [5.74, 6) is -2.21. The first-order chi connectivity index (χ1) is 12.0. The van der Waals surface area contributed by atoms with Gasteiger partial charge in [0.1, 0.15) is 6.61 Å². The topological polar surface area (TPSA) is 82.1 Å². The van der Waals surface area contributed by atoms with Crippen LogP contribution in [-0.4, -0.2) is 53.5 Å². The lowest BCUT2D eigenvalue weighted by atomic mass is 10.1. The van der Waals surface area contributed by atoms with Gasteiger partial charge in [0.05, 0.1) is 18.9 Å². The zero-order chi connectivity index (χ0) is 20.2. The summed E-state index contributed by atoms with van der Waals surface area (Å²) in [6, 6.07) is 2.29. The smallest absolute Gasteiger partial charge is 0.306 e. The summed E-state index contributed by atoms with van der Waals surface area (Å²) in [6.45, 7) is 14.0. The van der Waals surface area contributed by atoms with Gasteiger partial charge in [-0.15, -0.1) is 0 Å². The van der Waals surface area contributed by atoms with Crippen molar-refractivity contribution < 1.29 is 28.3 Å². The van der Waals surface area contributed by atoms with E-state index in [0.717, 1.165) is 12.5 Å². The summed E-state index contributed by atoms with van der Waals surface area (Å²) in [7, 11) is -3.22. The molecule has 0 aromatic heterocycles. The molecule has 0 aliphatic carbocycles. The average Bonchev–Trinajstić information content (AvgIpc) is 2.50. The van der Waals surface area contributed by atoms with Crippen LogP contribution in [0.15, 0.2) is 0 Å². The van der Waals surface area contributed by atoms with Crippen LogP contribution in [0.1, 0.15) is 39.5 Å². The highest BCUT2D eigenvalue weighted by Crippen LogP contribution is 2.24. The molecule has 0 aliphatic heterocycles. The van der Waals surface area contributed by atoms with Gasteiger partial charge in [0.15, 0.2) is 16.6 Å². The van der Waals surface area contributed by atoms with Crippen LogP contribution in [0.25, 0.3) is 0 Å². The molecule has 0 amide bonds. The molecular formula is C18H38O6Si2. The first kappa shape index (κ1) is 25.3. The van der Waals surface area contributed by atoms with Crippen molar-refractivity contribution in [3.05, 3.63) is 0 Å². The van der Waals surface area contributed by atoms with Crippen LogP contribution in [-0.2, 0) is 23.2 Å². The zero-order valence-corrected chi connectivity index (χ0v) is 19.4. The lowest BCUT2D eigenvalue weighted by Crippen LogP contribution is -2.44. The van der Waals surface area contributed by atoms with Crippen molar-refractivity contribution in [3.63, 3.8) is 0 Å². The molecule has 1 N–H and O–H groups in total. The number of hydrogen-bond donors (Lipinski definition) is 1. The molecule has 154 valence electrons. The SMILES string of the molecule is CCCC[Si](C)(C)O[Si](C)(C)CCCOCCOC(=O)CC(C)C(=O)O. The number of esters is 1. The predicted octanol–water partition coefficient (Wildman–Crippen LogP) is 4.27. The largest absolute Gasteiger partial charge is 0.481 e. The Balaban J connectivity index is 3.82. The number of hydrogen-bond acceptors (Lipinski definition) is 5. The molecule has 6 nitrogen and oxygen atoms in total. The third-order valence-electron chi connectivity index (χ3n) is 4.14. The third kappa shape index (κ3) is 13.5. The molecule has 0 saturated carbocycles. The maximum absolute atomic E-state index is 11.4. The van der Waals surface area contributed by atoms with Crippen molar-refractivity contribution >= 4 is 28.6 Å². The predicted molar refractivity (Wildman–Crippen MR) is 108 cm³/mol. The molecule has 0 radical (unpaired) electrons. The molecule has 0 heterocycles. The van der Waals surface area contributed by atoms with Crippen LogP contribution >= 0.6 is 0 Å². The highest BCUT2D eigenvalue weighted by atomic mass is 28.4. The van der Waals surface area contributed by atoms with Crippen molar-refractivity contribution in [3.8, 4) is 0 Å². The Hall–Kier alpha value is -0.706. The Morgan fingerprint density at radius 2 is 1.54 bits per heavy atom. The van der Waals surface area contributed by atoms with E-state index in [2.05, 4.69) is 33.1 Å². The molecule has 0 aliphatic rings.